The molecule has 0 spiro atoms. The molecule has 1 heterocycles. The number of nitrogens with zero attached hydrogens (tertiary/aromatic N) is 1. The van der Waals surface area contributed by atoms with E-state index >= 15 is 0 Å². The summed E-state index contributed by atoms with van der Waals surface area (Å²) in [5.41, 5.74) is 5.77. The molecule has 0 aliphatic carbocycles. The van der Waals surface area contributed by atoms with Crippen molar-refractivity contribution >= 4 is 10.0 Å². The second kappa shape index (κ2) is 5.02. The molecule has 0 bridgehead atoms. The fourth-order valence-corrected chi connectivity index (χ4v) is 3.70. The van der Waals surface area contributed by atoms with Crippen molar-refractivity contribution in [2.45, 2.75) is 46.1 Å². The van der Waals surface area contributed by atoms with Gasteiger partial charge in [-0.2, -0.15) is 0 Å². The monoisotopic (exact) mass is 248 g/mol. The Hall–Kier alpha value is -0.130. The smallest absolute Gasteiger partial charge is 0.215 e. The van der Waals surface area contributed by atoms with E-state index in [9.17, 15) is 8.42 Å². The van der Waals surface area contributed by atoms with E-state index in [0.717, 1.165) is 19.3 Å². The van der Waals surface area contributed by atoms with Crippen molar-refractivity contribution in [1.82, 2.24) is 4.31 Å². The molecule has 96 valence electrons. The first-order chi connectivity index (χ1) is 7.23. The molecule has 1 fully saturated rings. The van der Waals surface area contributed by atoms with Crippen LogP contribution >= 0.6 is 0 Å². The van der Waals surface area contributed by atoms with Gasteiger partial charge >= 0.3 is 0 Å². The maximum atomic E-state index is 12.1. The van der Waals surface area contributed by atoms with E-state index < -0.39 is 10.0 Å². The van der Waals surface area contributed by atoms with Crippen LogP contribution in [0.2, 0.25) is 0 Å². The van der Waals surface area contributed by atoms with Gasteiger partial charge in [0.25, 0.3) is 0 Å². The van der Waals surface area contributed by atoms with E-state index in [1.807, 2.05) is 20.8 Å². The van der Waals surface area contributed by atoms with E-state index in [1.165, 1.54) is 0 Å². The Morgan fingerprint density at radius 3 is 2.12 bits per heavy atom. The van der Waals surface area contributed by atoms with Gasteiger partial charge in [-0.25, -0.2) is 12.7 Å². The fraction of sp³-hybridized carbons (Fsp3) is 1.00. The second-order valence-electron chi connectivity index (χ2n) is 5.71. The average molecular weight is 248 g/mol. The van der Waals surface area contributed by atoms with Crippen LogP contribution in [-0.4, -0.2) is 37.6 Å². The van der Waals surface area contributed by atoms with Gasteiger partial charge in [0.1, 0.15) is 0 Å². The lowest BCUT2D eigenvalue weighted by Gasteiger charge is -2.31. The summed E-state index contributed by atoms with van der Waals surface area (Å²) in [6.07, 6.45) is 3.09. The minimum absolute atomic E-state index is 0.0660. The molecule has 1 atom stereocenters. The normalized spacial score (nSPS) is 22.0. The molecule has 1 saturated heterocycles. The Morgan fingerprint density at radius 2 is 1.69 bits per heavy atom. The number of hydrogen-bond donors (Lipinski definition) is 1. The van der Waals surface area contributed by atoms with Crippen molar-refractivity contribution in [2.24, 2.45) is 11.1 Å². The third-order valence-electron chi connectivity index (χ3n) is 3.21. The molecular formula is C11H24N2O2S. The number of piperidine rings is 1. The molecule has 5 heteroatoms. The molecular weight excluding hydrogens is 224 g/mol. The van der Waals surface area contributed by atoms with Gasteiger partial charge in [-0.15, -0.1) is 0 Å². The van der Waals surface area contributed by atoms with Gasteiger partial charge in [0.05, 0.1) is 5.75 Å². The maximum absolute atomic E-state index is 12.1. The quantitative estimate of drug-likeness (QED) is 0.815. The highest BCUT2D eigenvalue weighted by molar-refractivity contribution is 7.89. The standard InChI is InChI=1S/C11H24N2O2S/c1-11(2,3)10(12)9-16(14,15)13-7-5-4-6-8-13/h10H,4-9,12H2,1-3H3. The van der Waals surface area contributed by atoms with E-state index in [2.05, 4.69) is 0 Å². The Morgan fingerprint density at radius 1 is 1.19 bits per heavy atom. The highest BCUT2D eigenvalue weighted by atomic mass is 32.2. The first-order valence-corrected chi connectivity index (χ1v) is 7.58. The molecule has 0 amide bonds. The molecule has 0 radical (unpaired) electrons. The molecule has 1 aliphatic heterocycles. The summed E-state index contributed by atoms with van der Waals surface area (Å²) in [4.78, 5) is 0. The van der Waals surface area contributed by atoms with Crippen LogP contribution in [0, 0.1) is 5.41 Å². The van der Waals surface area contributed by atoms with Crippen LogP contribution in [0.3, 0.4) is 0 Å². The Labute approximate surface area is 99.2 Å². The van der Waals surface area contributed by atoms with Gasteiger partial charge < -0.3 is 5.73 Å². The van der Waals surface area contributed by atoms with Crippen LogP contribution in [0.5, 0.6) is 0 Å². The highest BCUT2D eigenvalue weighted by Gasteiger charge is 2.30. The van der Waals surface area contributed by atoms with Crippen molar-refractivity contribution in [3.05, 3.63) is 0 Å². The van der Waals surface area contributed by atoms with Crippen molar-refractivity contribution in [3.8, 4) is 0 Å². The zero-order chi connectivity index (χ0) is 12.4. The average Bonchev–Trinajstić information content (AvgIpc) is 2.17. The van der Waals surface area contributed by atoms with Crippen LogP contribution in [0.4, 0.5) is 0 Å². The lowest BCUT2D eigenvalue weighted by Crippen LogP contribution is -2.46. The van der Waals surface area contributed by atoms with Crippen molar-refractivity contribution in [1.29, 1.82) is 0 Å². The van der Waals surface area contributed by atoms with Gasteiger partial charge in [0.2, 0.25) is 10.0 Å². The predicted octanol–water partition coefficient (Wildman–Crippen LogP) is 1.18. The van der Waals surface area contributed by atoms with Crippen molar-refractivity contribution in [3.63, 3.8) is 0 Å². The summed E-state index contributed by atoms with van der Waals surface area (Å²) in [5, 5.41) is 0. The largest absolute Gasteiger partial charge is 0.326 e. The zero-order valence-corrected chi connectivity index (χ0v) is 11.4. The van der Waals surface area contributed by atoms with Crippen LogP contribution < -0.4 is 5.73 Å². The van der Waals surface area contributed by atoms with Gasteiger partial charge in [-0.05, 0) is 18.3 Å². The summed E-state index contributed by atoms with van der Waals surface area (Å²) in [5.74, 6) is 0.0660. The van der Waals surface area contributed by atoms with Gasteiger partial charge in [0, 0.05) is 19.1 Å². The van der Waals surface area contributed by atoms with Gasteiger partial charge in [0.15, 0.2) is 0 Å². The summed E-state index contributed by atoms with van der Waals surface area (Å²) in [6.45, 7) is 7.26. The Bertz CT molecular complexity index is 313. The number of hydrogen-bond acceptors (Lipinski definition) is 3. The lowest BCUT2D eigenvalue weighted by atomic mass is 9.89. The van der Waals surface area contributed by atoms with E-state index in [4.69, 9.17) is 5.73 Å². The lowest BCUT2D eigenvalue weighted by molar-refractivity contribution is 0.319. The molecule has 0 aromatic carbocycles. The maximum Gasteiger partial charge on any atom is 0.215 e. The molecule has 1 unspecified atom stereocenters. The molecule has 2 N–H and O–H groups in total. The predicted molar refractivity (Wildman–Crippen MR) is 66.6 cm³/mol. The SMILES string of the molecule is CC(C)(C)C(N)CS(=O)(=O)N1CCCCC1. The van der Waals surface area contributed by atoms with E-state index in [-0.39, 0.29) is 17.2 Å². The third kappa shape index (κ3) is 3.71. The van der Waals surface area contributed by atoms with E-state index in [0.29, 0.717) is 13.1 Å². The van der Waals surface area contributed by atoms with Crippen LogP contribution in [-0.2, 0) is 10.0 Å². The molecule has 4 nitrogen and oxygen atoms in total. The fourth-order valence-electron chi connectivity index (χ4n) is 1.73. The minimum atomic E-state index is -3.16. The summed E-state index contributed by atoms with van der Waals surface area (Å²) in [7, 11) is -3.16. The molecule has 0 aromatic rings. The Balaban J connectivity index is 2.64. The summed E-state index contributed by atoms with van der Waals surface area (Å²) >= 11 is 0. The first kappa shape index (κ1) is 13.9. The molecule has 0 saturated carbocycles. The first-order valence-electron chi connectivity index (χ1n) is 5.97. The van der Waals surface area contributed by atoms with Crippen molar-refractivity contribution in [2.75, 3.05) is 18.8 Å². The van der Waals surface area contributed by atoms with Gasteiger partial charge in [-0.3, -0.25) is 0 Å². The van der Waals surface area contributed by atoms with E-state index in [1.54, 1.807) is 4.31 Å². The second-order valence-corrected chi connectivity index (χ2v) is 7.72. The summed E-state index contributed by atoms with van der Waals surface area (Å²) in [6, 6.07) is -0.306. The topological polar surface area (TPSA) is 63.4 Å². The van der Waals surface area contributed by atoms with Crippen LogP contribution in [0.15, 0.2) is 0 Å². The Kier molecular flexibility index (Phi) is 4.37. The van der Waals surface area contributed by atoms with Crippen LogP contribution in [0.25, 0.3) is 0 Å². The molecule has 1 aliphatic rings. The number of rotatable bonds is 3. The number of nitrogens with two attached hydrogens (primary N) is 1. The number of sulfonamides is 1. The third-order valence-corrected chi connectivity index (χ3v) is 5.14. The molecule has 0 aromatic heterocycles. The zero-order valence-electron chi connectivity index (χ0n) is 10.6. The minimum Gasteiger partial charge on any atom is -0.326 e. The highest BCUT2D eigenvalue weighted by Crippen LogP contribution is 2.21. The molecule has 1 rings (SSSR count). The van der Waals surface area contributed by atoms with Crippen LogP contribution in [0.1, 0.15) is 40.0 Å². The molecule has 16 heavy (non-hydrogen) atoms. The van der Waals surface area contributed by atoms with Crippen molar-refractivity contribution < 1.29 is 8.42 Å². The summed E-state index contributed by atoms with van der Waals surface area (Å²) < 4.78 is 25.8. The van der Waals surface area contributed by atoms with Gasteiger partial charge in [-0.1, -0.05) is 27.2 Å².